The Morgan fingerprint density at radius 2 is 1.95 bits per heavy atom. The number of rotatable bonds is 5. The largest absolute Gasteiger partial charge is 0.481 e. The van der Waals surface area contributed by atoms with Crippen LogP contribution in [0.4, 0.5) is 5.69 Å². The molecule has 110 valence electrons. The van der Waals surface area contributed by atoms with E-state index in [4.69, 9.17) is 16.3 Å². The Hall–Kier alpha value is -2.00. The Bertz CT molecular complexity index is 610. The molecule has 0 aromatic heterocycles. The highest BCUT2D eigenvalue weighted by Gasteiger charge is 2.14. The molecule has 21 heavy (non-hydrogen) atoms. The lowest BCUT2D eigenvalue weighted by Crippen LogP contribution is -2.30. The molecular formula is C17H18ClNO2. The third kappa shape index (κ3) is 4.50. The second-order valence-corrected chi connectivity index (χ2v) is 5.19. The van der Waals surface area contributed by atoms with E-state index in [0.717, 1.165) is 6.42 Å². The van der Waals surface area contributed by atoms with Crippen LogP contribution in [0.5, 0.6) is 5.75 Å². The zero-order valence-electron chi connectivity index (χ0n) is 12.1. The summed E-state index contributed by atoms with van der Waals surface area (Å²) in [5, 5.41) is 3.43. The third-order valence-corrected chi connectivity index (χ3v) is 3.35. The van der Waals surface area contributed by atoms with Gasteiger partial charge in [0.2, 0.25) is 0 Å². The predicted molar refractivity (Wildman–Crippen MR) is 86.0 cm³/mol. The van der Waals surface area contributed by atoms with E-state index in [1.165, 1.54) is 5.56 Å². The fraction of sp³-hybridized carbons (Fsp3) is 0.235. The van der Waals surface area contributed by atoms with Gasteiger partial charge in [0.1, 0.15) is 5.75 Å². The summed E-state index contributed by atoms with van der Waals surface area (Å²) in [6, 6.07) is 14.7. The molecule has 0 heterocycles. The maximum Gasteiger partial charge on any atom is 0.265 e. The van der Waals surface area contributed by atoms with E-state index in [0.29, 0.717) is 16.5 Å². The maximum absolute atomic E-state index is 12.1. The van der Waals surface area contributed by atoms with Crippen LogP contribution < -0.4 is 10.1 Å². The highest BCUT2D eigenvalue weighted by molar-refractivity contribution is 6.30. The van der Waals surface area contributed by atoms with E-state index in [9.17, 15) is 4.79 Å². The molecule has 0 spiro atoms. The van der Waals surface area contributed by atoms with Gasteiger partial charge in [0, 0.05) is 10.7 Å². The highest BCUT2D eigenvalue weighted by Crippen LogP contribution is 2.17. The van der Waals surface area contributed by atoms with Crippen molar-refractivity contribution in [1.82, 2.24) is 0 Å². The van der Waals surface area contributed by atoms with E-state index in [1.807, 2.05) is 24.3 Å². The maximum atomic E-state index is 12.1. The molecule has 2 aromatic carbocycles. The van der Waals surface area contributed by atoms with Crippen molar-refractivity contribution in [2.24, 2.45) is 0 Å². The first-order valence-electron chi connectivity index (χ1n) is 6.90. The predicted octanol–water partition coefficient (Wildman–Crippen LogP) is 4.31. The number of benzene rings is 2. The van der Waals surface area contributed by atoms with Crippen LogP contribution in [0.15, 0.2) is 48.5 Å². The molecule has 0 fully saturated rings. The molecule has 0 aliphatic carbocycles. The number of carbonyl (C=O) groups is 1. The summed E-state index contributed by atoms with van der Waals surface area (Å²) < 4.78 is 5.68. The normalized spacial score (nSPS) is 11.8. The zero-order valence-corrected chi connectivity index (χ0v) is 12.9. The molecule has 2 aromatic rings. The fourth-order valence-corrected chi connectivity index (χ4v) is 2.00. The number of aryl methyl sites for hydroxylation is 1. The Balaban J connectivity index is 1.97. The van der Waals surface area contributed by atoms with Crippen LogP contribution in [0.25, 0.3) is 0 Å². The fourth-order valence-electron chi connectivity index (χ4n) is 1.87. The van der Waals surface area contributed by atoms with Crippen molar-refractivity contribution in [3.8, 4) is 5.75 Å². The van der Waals surface area contributed by atoms with Crippen LogP contribution in [-0.4, -0.2) is 12.0 Å². The van der Waals surface area contributed by atoms with Crippen molar-refractivity contribution in [3.05, 3.63) is 59.1 Å². The van der Waals surface area contributed by atoms with Gasteiger partial charge in [-0.15, -0.1) is 0 Å². The van der Waals surface area contributed by atoms with Gasteiger partial charge in [0.25, 0.3) is 5.91 Å². The Morgan fingerprint density at radius 1 is 1.24 bits per heavy atom. The molecule has 0 radical (unpaired) electrons. The minimum atomic E-state index is -0.576. The summed E-state index contributed by atoms with van der Waals surface area (Å²) in [4.78, 5) is 12.1. The van der Waals surface area contributed by atoms with Crippen molar-refractivity contribution in [1.29, 1.82) is 0 Å². The van der Waals surface area contributed by atoms with Crippen LogP contribution in [0.3, 0.4) is 0 Å². The standard InChI is InChI=1S/C17H18ClNO2/c1-3-13-5-4-6-16(11-13)21-12(2)17(20)19-15-9-7-14(18)8-10-15/h4-12H,3H2,1-2H3,(H,19,20)/t12-/m0/s1. The van der Waals surface area contributed by atoms with E-state index >= 15 is 0 Å². The van der Waals surface area contributed by atoms with Gasteiger partial charge < -0.3 is 10.1 Å². The summed E-state index contributed by atoms with van der Waals surface area (Å²) in [6.45, 7) is 3.81. The Morgan fingerprint density at radius 3 is 2.62 bits per heavy atom. The van der Waals surface area contributed by atoms with Gasteiger partial charge >= 0.3 is 0 Å². The van der Waals surface area contributed by atoms with Crippen molar-refractivity contribution in [2.75, 3.05) is 5.32 Å². The van der Waals surface area contributed by atoms with Crippen molar-refractivity contribution < 1.29 is 9.53 Å². The highest BCUT2D eigenvalue weighted by atomic mass is 35.5. The van der Waals surface area contributed by atoms with E-state index in [-0.39, 0.29) is 5.91 Å². The van der Waals surface area contributed by atoms with Gasteiger partial charge in [0.05, 0.1) is 0 Å². The molecule has 0 unspecified atom stereocenters. The van der Waals surface area contributed by atoms with Crippen LogP contribution >= 0.6 is 11.6 Å². The number of nitrogens with one attached hydrogen (secondary N) is 1. The zero-order chi connectivity index (χ0) is 15.2. The number of halogens is 1. The second-order valence-electron chi connectivity index (χ2n) is 4.76. The van der Waals surface area contributed by atoms with E-state index in [1.54, 1.807) is 31.2 Å². The third-order valence-electron chi connectivity index (χ3n) is 3.10. The van der Waals surface area contributed by atoms with E-state index < -0.39 is 6.10 Å². The summed E-state index contributed by atoms with van der Waals surface area (Å²) in [6.07, 6.45) is 0.357. The first kappa shape index (κ1) is 15.4. The average Bonchev–Trinajstić information content (AvgIpc) is 2.49. The summed E-state index contributed by atoms with van der Waals surface area (Å²) in [5.74, 6) is 0.507. The first-order valence-corrected chi connectivity index (χ1v) is 7.28. The lowest BCUT2D eigenvalue weighted by molar-refractivity contribution is -0.122. The number of anilines is 1. The summed E-state index contributed by atoms with van der Waals surface area (Å²) in [5.41, 5.74) is 1.87. The van der Waals surface area contributed by atoms with Crippen molar-refractivity contribution in [3.63, 3.8) is 0 Å². The van der Waals surface area contributed by atoms with Gasteiger partial charge in [-0.3, -0.25) is 4.79 Å². The van der Waals surface area contributed by atoms with Crippen LogP contribution in [0, 0.1) is 0 Å². The summed E-state index contributed by atoms with van der Waals surface area (Å²) in [7, 11) is 0. The second kappa shape index (κ2) is 7.14. The molecule has 0 bridgehead atoms. The number of amides is 1. The molecule has 0 saturated carbocycles. The SMILES string of the molecule is CCc1cccc(O[C@@H](C)C(=O)Nc2ccc(Cl)cc2)c1. The lowest BCUT2D eigenvalue weighted by Gasteiger charge is -2.15. The molecule has 0 saturated heterocycles. The smallest absolute Gasteiger partial charge is 0.265 e. The number of hydrogen-bond donors (Lipinski definition) is 1. The van der Waals surface area contributed by atoms with Crippen molar-refractivity contribution in [2.45, 2.75) is 26.4 Å². The molecule has 2 rings (SSSR count). The monoisotopic (exact) mass is 303 g/mol. The Labute approximate surface area is 129 Å². The molecule has 1 amide bonds. The van der Waals surface area contributed by atoms with Gasteiger partial charge in [-0.05, 0) is 55.3 Å². The quantitative estimate of drug-likeness (QED) is 0.894. The van der Waals surface area contributed by atoms with Gasteiger partial charge in [-0.2, -0.15) is 0 Å². The molecule has 3 nitrogen and oxygen atoms in total. The molecule has 1 N–H and O–H groups in total. The van der Waals surface area contributed by atoms with Crippen molar-refractivity contribution >= 4 is 23.2 Å². The topological polar surface area (TPSA) is 38.3 Å². The number of ether oxygens (including phenoxy) is 1. The van der Waals surface area contributed by atoms with E-state index in [2.05, 4.69) is 12.2 Å². The number of carbonyl (C=O) groups excluding carboxylic acids is 1. The van der Waals surface area contributed by atoms with Crippen LogP contribution in [-0.2, 0) is 11.2 Å². The van der Waals surface area contributed by atoms with Gasteiger partial charge in [-0.1, -0.05) is 30.7 Å². The van der Waals surface area contributed by atoms with Crippen LogP contribution in [0.2, 0.25) is 5.02 Å². The molecule has 4 heteroatoms. The molecular weight excluding hydrogens is 286 g/mol. The van der Waals surface area contributed by atoms with Crippen LogP contribution in [0.1, 0.15) is 19.4 Å². The molecule has 0 aliphatic heterocycles. The molecule has 1 atom stereocenters. The minimum Gasteiger partial charge on any atom is -0.481 e. The lowest BCUT2D eigenvalue weighted by atomic mass is 10.2. The minimum absolute atomic E-state index is 0.195. The van der Waals surface area contributed by atoms with Gasteiger partial charge in [-0.25, -0.2) is 0 Å². The average molecular weight is 304 g/mol. The van der Waals surface area contributed by atoms with Gasteiger partial charge in [0.15, 0.2) is 6.10 Å². The summed E-state index contributed by atoms with van der Waals surface area (Å²) >= 11 is 5.81. The Kier molecular flexibility index (Phi) is 5.23. The first-order chi connectivity index (χ1) is 10.1. The molecule has 0 aliphatic rings. The number of hydrogen-bond acceptors (Lipinski definition) is 2.